The second-order valence-corrected chi connectivity index (χ2v) is 4.28. The maximum absolute atomic E-state index is 5.53. The standard InChI is InChI=1S/C12H20N2O2/c1-13-7-10-4-6-16-12(10)9-14-5-3-11(8-14)15-2/h4,6,11,13H,3,5,7-9H2,1-2H3. The fourth-order valence-electron chi connectivity index (χ4n) is 2.19. The number of furan rings is 1. The Kier molecular flexibility index (Phi) is 3.98. The van der Waals surface area contributed by atoms with Crippen molar-refractivity contribution in [2.75, 3.05) is 27.2 Å². The lowest BCUT2D eigenvalue weighted by atomic mass is 10.2. The predicted octanol–water partition coefficient (Wildman–Crippen LogP) is 1.22. The van der Waals surface area contributed by atoms with Crippen LogP contribution in [0, 0.1) is 0 Å². The van der Waals surface area contributed by atoms with Crippen molar-refractivity contribution in [1.82, 2.24) is 10.2 Å². The Balaban J connectivity index is 1.91. The maximum atomic E-state index is 5.53. The molecule has 0 aromatic carbocycles. The Hall–Kier alpha value is -0.840. The van der Waals surface area contributed by atoms with Gasteiger partial charge in [0.1, 0.15) is 5.76 Å². The molecule has 0 spiro atoms. The molecule has 0 aliphatic carbocycles. The van der Waals surface area contributed by atoms with Crippen LogP contribution in [0.25, 0.3) is 0 Å². The minimum Gasteiger partial charge on any atom is -0.468 e. The zero-order chi connectivity index (χ0) is 11.4. The molecule has 2 rings (SSSR count). The normalized spacial score (nSPS) is 21.8. The van der Waals surface area contributed by atoms with Gasteiger partial charge in [0.2, 0.25) is 0 Å². The van der Waals surface area contributed by atoms with E-state index in [1.165, 1.54) is 5.56 Å². The summed E-state index contributed by atoms with van der Waals surface area (Å²) in [5.41, 5.74) is 1.25. The average Bonchev–Trinajstić information content (AvgIpc) is 2.90. The van der Waals surface area contributed by atoms with E-state index in [9.17, 15) is 0 Å². The van der Waals surface area contributed by atoms with Gasteiger partial charge in [-0.05, 0) is 19.5 Å². The summed E-state index contributed by atoms with van der Waals surface area (Å²) >= 11 is 0. The highest BCUT2D eigenvalue weighted by Crippen LogP contribution is 2.18. The molecule has 0 radical (unpaired) electrons. The first-order valence-electron chi connectivity index (χ1n) is 5.78. The van der Waals surface area contributed by atoms with Gasteiger partial charge in [0.25, 0.3) is 0 Å². The quantitative estimate of drug-likeness (QED) is 0.816. The molecule has 4 heteroatoms. The molecule has 1 fully saturated rings. The molecule has 1 aromatic heterocycles. The van der Waals surface area contributed by atoms with Crippen LogP contribution in [0.4, 0.5) is 0 Å². The molecular weight excluding hydrogens is 204 g/mol. The lowest BCUT2D eigenvalue weighted by Crippen LogP contribution is -2.23. The molecule has 16 heavy (non-hydrogen) atoms. The van der Waals surface area contributed by atoms with E-state index in [-0.39, 0.29) is 0 Å². The van der Waals surface area contributed by atoms with Crippen molar-refractivity contribution in [3.8, 4) is 0 Å². The maximum Gasteiger partial charge on any atom is 0.122 e. The second kappa shape index (κ2) is 5.48. The SMILES string of the molecule is CNCc1ccoc1CN1CCC(OC)C1. The van der Waals surface area contributed by atoms with Crippen LogP contribution in [0.3, 0.4) is 0 Å². The number of ether oxygens (including phenoxy) is 1. The molecule has 1 unspecified atom stereocenters. The summed E-state index contributed by atoms with van der Waals surface area (Å²) in [6.07, 6.45) is 3.28. The minimum atomic E-state index is 0.391. The number of hydrogen-bond acceptors (Lipinski definition) is 4. The van der Waals surface area contributed by atoms with E-state index in [1.54, 1.807) is 13.4 Å². The van der Waals surface area contributed by atoms with E-state index < -0.39 is 0 Å². The molecule has 0 bridgehead atoms. The number of nitrogens with one attached hydrogen (secondary N) is 1. The van der Waals surface area contributed by atoms with Crippen molar-refractivity contribution in [2.24, 2.45) is 0 Å². The third-order valence-electron chi connectivity index (χ3n) is 3.13. The second-order valence-electron chi connectivity index (χ2n) is 4.28. The van der Waals surface area contributed by atoms with Crippen molar-refractivity contribution in [3.05, 3.63) is 23.7 Å². The van der Waals surface area contributed by atoms with Crippen molar-refractivity contribution >= 4 is 0 Å². The summed E-state index contributed by atoms with van der Waals surface area (Å²) in [7, 11) is 3.74. The lowest BCUT2D eigenvalue weighted by Gasteiger charge is -2.14. The molecule has 2 heterocycles. The van der Waals surface area contributed by atoms with Crippen LogP contribution in [-0.4, -0.2) is 38.3 Å². The van der Waals surface area contributed by atoms with Crippen LogP contribution in [0.2, 0.25) is 0 Å². The van der Waals surface area contributed by atoms with Crippen molar-refractivity contribution in [2.45, 2.75) is 25.6 Å². The molecule has 1 atom stereocenters. The van der Waals surface area contributed by atoms with Crippen LogP contribution in [0.5, 0.6) is 0 Å². The molecule has 4 nitrogen and oxygen atoms in total. The smallest absolute Gasteiger partial charge is 0.122 e. The van der Waals surface area contributed by atoms with E-state index in [2.05, 4.69) is 10.2 Å². The van der Waals surface area contributed by atoms with Gasteiger partial charge in [-0.2, -0.15) is 0 Å². The first-order chi connectivity index (χ1) is 7.83. The van der Waals surface area contributed by atoms with Crippen molar-refractivity contribution < 1.29 is 9.15 Å². The van der Waals surface area contributed by atoms with Gasteiger partial charge in [-0.1, -0.05) is 0 Å². The molecule has 1 saturated heterocycles. The fourth-order valence-corrected chi connectivity index (χ4v) is 2.19. The summed E-state index contributed by atoms with van der Waals surface area (Å²) in [6, 6.07) is 2.04. The Bertz CT molecular complexity index is 325. The number of rotatable bonds is 5. The Labute approximate surface area is 96.6 Å². The van der Waals surface area contributed by atoms with Gasteiger partial charge in [0.15, 0.2) is 0 Å². The predicted molar refractivity (Wildman–Crippen MR) is 62.2 cm³/mol. The molecule has 1 N–H and O–H groups in total. The zero-order valence-electron chi connectivity index (χ0n) is 10.0. The number of methoxy groups -OCH3 is 1. The van der Waals surface area contributed by atoms with Gasteiger partial charge in [0.05, 0.1) is 18.9 Å². The summed E-state index contributed by atoms with van der Waals surface area (Å²) in [6.45, 7) is 3.87. The van der Waals surface area contributed by atoms with Crippen molar-refractivity contribution in [1.29, 1.82) is 0 Å². The molecule has 0 amide bonds. The molecule has 1 aromatic rings. The Morgan fingerprint density at radius 1 is 1.62 bits per heavy atom. The number of likely N-dealkylation sites (tertiary alicyclic amines) is 1. The van der Waals surface area contributed by atoms with Crippen molar-refractivity contribution in [3.63, 3.8) is 0 Å². The van der Waals surface area contributed by atoms with Crippen LogP contribution < -0.4 is 5.32 Å². The first-order valence-corrected chi connectivity index (χ1v) is 5.78. The highest BCUT2D eigenvalue weighted by molar-refractivity contribution is 5.16. The van der Waals surface area contributed by atoms with Crippen LogP contribution >= 0.6 is 0 Å². The van der Waals surface area contributed by atoms with Gasteiger partial charge < -0.3 is 14.5 Å². The third kappa shape index (κ3) is 2.64. The number of nitrogens with zero attached hydrogens (tertiary/aromatic N) is 1. The van der Waals surface area contributed by atoms with Gasteiger partial charge >= 0.3 is 0 Å². The molecule has 90 valence electrons. The fraction of sp³-hybridized carbons (Fsp3) is 0.667. The van der Waals surface area contributed by atoms with E-state index in [0.29, 0.717) is 6.10 Å². The van der Waals surface area contributed by atoms with Gasteiger partial charge in [0, 0.05) is 32.3 Å². The number of hydrogen-bond donors (Lipinski definition) is 1. The summed E-state index contributed by atoms with van der Waals surface area (Å²) in [5, 5.41) is 3.15. The van der Waals surface area contributed by atoms with Crippen LogP contribution in [0.1, 0.15) is 17.7 Å². The summed E-state index contributed by atoms with van der Waals surface area (Å²) in [4.78, 5) is 2.38. The highest BCUT2D eigenvalue weighted by atomic mass is 16.5. The third-order valence-corrected chi connectivity index (χ3v) is 3.13. The molecule has 1 aliphatic heterocycles. The molecular formula is C12H20N2O2. The summed E-state index contributed by atoms with van der Waals surface area (Å²) in [5.74, 6) is 1.08. The Morgan fingerprint density at radius 2 is 2.50 bits per heavy atom. The monoisotopic (exact) mass is 224 g/mol. The molecule has 0 saturated carbocycles. The van der Waals surface area contributed by atoms with E-state index >= 15 is 0 Å². The summed E-state index contributed by atoms with van der Waals surface area (Å²) < 4.78 is 10.9. The minimum absolute atomic E-state index is 0.391. The van der Waals surface area contributed by atoms with E-state index in [1.807, 2.05) is 13.1 Å². The van der Waals surface area contributed by atoms with Gasteiger partial charge in [-0.15, -0.1) is 0 Å². The van der Waals surface area contributed by atoms with Gasteiger partial charge in [-0.3, -0.25) is 4.90 Å². The first kappa shape index (κ1) is 11.6. The van der Waals surface area contributed by atoms with Crippen LogP contribution in [0.15, 0.2) is 16.7 Å². The average molecular weight is 224 g/mol. The highest BCUT2D eigenvalue weighted by Gasteiger charge is 2.23. The van der Waals surface area contributed by atoms with Gasteiger partial charge in [-0.25, -0.2) is 0 Å². The largest absolute Gasteiger partial charge is 0.468 e. The van der Waals surface area contributed by atoms with E-state index in [0.717, 1.165) is 38.4 Å². The topological polar surface area (TPSA) is 37.6 Å². The van der Waals surface area contributed by atoms with E-state index in [4.69, 9.17) is 9.15 Å². The lowest BCUT2D eigenvalue weighted by molar-refractivity contribution is 0.106. The van der Waals surface area contributed by atoms with Crippen LogP contribution in [-0.2, 0) is 17.8 Å². The molecule has 1 aliphatic rings. The zero-order valence-corrected chi connectivity index (χ0v) is 10.0. The Morgan fingerprint density at radius 3 is 3.19 bits per heavy atom.